The van der Waals surface area contributed by atoms with Crippen LogP contribution in [-0.2, 0) is 27.8 Å². The first-order valence-electron chi connectivity index (χ1n) is 14.0. The molecule has 218 valence electrons. The molecule has 5 rings (SSSR count). The molecule has 2 N–H and O–H groups in total. The van der Waals surface area contributed by atoms with Crippen LogP contribution in [0.15, 0.2) is 36.4 Å². The van der Waals surface area contributed by atoms with Gasteiger partial charge < -0.3 is 20.1 Å². The Kier molecular flexibility index (Phi) is 8.60. The lowest BCUT2D eigenvalue weighted by Gasteiger charge is -2.30. The van der Waals surface area contributed by atoms with Gasteiger partial charge in [0, 0.05) is 19.0 Å². The zero-order chi connectivity index (χ0) is 29.3. The summed E-state index contributed by atoms with van der Waals surface area (Å²) in [4.78, 5) is 39.2. The second-order valence-electron chi connectivity index (χ2n) is 11.2. The highest BCUT2D eigenvalue weighted by molar-refractivity contribution is 6.34. The second kappa shape index (κ2) is 12.2. The summed E-state index contributed by atoms with van der Waals surface area (Å²) < 4.78 is 22.9. The van der Waals surface area contributed by atoms with Gasteiger partial charge in [0.25, 0.3) is 5.91 Å². The molecule has 0 unspecified atom stereocenters. The number of likely N-dealkylation sites (tertiary alicyclic amines) is 1. The van der Waals surface area contributed by atoms with Gasteiger partial charge >= 0.3 is 5.97 Å². The topological polar surface area (TPSA) is 114 Å². The van der Waals surface area contributed by atoms with Crippen LogP contribution in [0.1, 0.15) is 55.1 Å². The number of aromatic nitrogens is 2. The third-order valence-corrected chi connectivity index (χ3v) is 8.50. The van der Waals surface area contributed by atoms with Gasteiger partial charge in [-0.1, -0.05) is 36.7 Å². The molecule has 0 radical (unpaired) electrons. The van der Waals surface area contributed by atoms with Crippen molar-refractivity contribution >= 4 is 46.0 Å². The molecule has 2 amide bonds. The summed E-state index contributed by atoms with van der Waals surface area (Å²) in [5.41, 5.74) is 1.23. The minimum Gasteiger partial charge on any atom is -0.481 e. The molecule has 1 aliphatic carbocycles. The Morgan fingerprint density at radius 2 is 1.90 bits per heavy atom. The molecule has 0 bridgehead atoms. The van der Waals surface area contributed by atoms with Crippen LogP contribution in [-0.4, -0.2) is 62.9 Å². The Hall–Kier alpha value is -3.50. The number of para-hydroxylation sites is 1. The normalized spacial score (nSPS) is 22.7. The van der Waals surface area contributed by atoms with Crippen LogP contribution >= 0.6 is 11.6 Å². The number of amides is 2. The number of benzene rings is 2. The molecule has 0 spiro atoms. The number of anilines is 1. The Labute approximate surface area is 242 Å². The number of hydrogen-bond donors (Lipinski definition) is 2. The van der Waals surface area contributed by atoms with Crippen LogP contribution in [0.25, 0.3) is 10.9 Å². The lowest BCUT2D eigenvalue weighted by molar-refractivity contribution is -0.144. The average molecular weight is 585 g/mol. The Morgan fingerprint density at radius 3 is 2.63 bits per heavy atom. The summed E-state index contributed by atoms with van der Waals surface area (Å²) in [6, 6.07) is 9.69. The fraction of sp³-hybridized carbons (Fsp3) is 0.467. The Bertz CT molecular complexity index is 1470. The number of hydrogen-bond acceptors (Lipinski definition) is 5. The maximum absolute atomic E-state index is 15.2. The molecule has 41 heavy (non-hydrogen) atoms. The maximum atomic E-state index is 15.2. The first kappa shape index (κ1) is 29.0. The van der Waals surface area contributed by atoms with E-state index in [1.54, 1.807) is 22.7 Å². The Balaban J connectivity index is 1.21. The summed E-state index contributed by atoms with van der Waals surface area (Å²) in [5.74, 6) is -2.16. The predicted octanol–water partition coefficient (Wildman–Crippen LogP) is 5.06. The van der Waals surface area contributed by atoms with Gasteiger partial charge in [0.2, 0.25) is 5.91 Å². The van der Waals surface area contributed by atoms with Crippen LogP contribution in [0.2, 0.25) is 5.02 Å². The summed E-state index contributed by atoms with van der Waals surface area (Å²) in [5, 5.41) is 16.9. The highest BCUT2D eigenvalue weighted by Gasteiger charge is 2.35. The van der Waals surface area contributed by atoms with Crippen molar-refractivity contribution in [2.45, 2.75) is 57.6 Å². The van der Waals surface area contributed by atoms with Crippen molar-refractivity contribution in [3.05, 3.63) is 58.5 Å². The van der Waals surface area contributed by atoms with Gasteiger partial charge in [-0.3, -0.25) is 19.1 Å². The lowest BCUT2D eigenvalue weighted by Crippen LogP contribution is -2.40. The molecule has 1 aromatic heterocycles. The molecule has 2 heterocycles. The monoisotopic (exact) mass is 584 g/mol. The molecule has 2 fully saturated rings. The molecule has 1 saturated carbocycles. The van der Waals surface area contributed by atoms with Gasteiger partial charge in [-0.05, 0) is 61.8 Å². The van der Waals surface area contributed by atoms with Gasteiger partial charge in [-0.2, -0.15) is 5.10 Å². The number of halogens is 2. The van der Waals surface area contributed by atoms with E-state index >= 15 is 4.39 Å². The standard InChI is InChI=1S/C30H34ClFN4O5/c1-17-11-20(16-41-21-9-7-18(8-10-21)30(39)40)36(15-17)27(37)13-19-12-23(31)25(14-24(19)32)33-29(38)28-22-5-3-4-6-26(22)35(2)34-28/h3-6,12,14,17-18,20-21H,7-11,13,15-16H2,1-2H3,(H,33,38)(H,39,40)/t17-,18?,20-,21?/m0/s1. The van der Waals surface area contributed by atoms with E-state index in [1.807, 2.05) is 18.2 Å². The van der Waals surface area contributed by atoms with Crippen molar-refractivity contribution in [3.63, 3.8) is 0 Å². The molecule has 1 aliphatic heterocycles. The number of fused-ring (bicyclic) bond motifs is 1. The highest BCUT2D eigenvalue weighted by atomic mass is 35.5. The number of nitrogens with one attached hydrogen (secondary N) is 1. The molecule has 1 saturated heterocycles. The van der Waals surface area contributed by atoms with Crippen LogP contribution in [0, 0.1) is 17.7 Å². The van der Waals surface area contributed by atoms with Gasteiger partial charge in [0.05, 0.1) is 47.3 Å². The number of ether oxygens (including phenoxy) is 1. The van der Waals surface area contributed by atoms with E-state index in [0.717, 1.165) is 18.0 Å². The van der Waals surface area contributed by atoms with Crippen molar-refractivity contribution in [2.24, 2.45) is 18.9 Å². The quantitative estimate of drug-likeness (QED) is 0.383. The van der Waals surface area contributed by atoms with E-state index in [4.69, 9.17) is 16.3 Å². The third-order valence-electron chi connectivity index (χ3n) is 8.19. The fourth-order valence-corrected chi connectivity index (χ4v) is 6.22. The van der Waals surface area contributed by atoms with Crippen molar-refractivity contribution < 1.29 is 28.6 Å². The molecule has 2 aromatic carbocycles. The lowest BCUT2D eigenvalue weighted by atomic mass is 9.87. The number of nitrogens with zero attached hydrogens (tertiary/aromatic N) is 3. The molecule has 11 heteroatoms. The van der Waals surface area contributed by atoms with E-state index in [-0.39, 0.29) is 58.3 Å². The second-order valence-corrected chi connectivity index (χ2v) is 11.6. The van der Waals surface area contributed by atoms with E-state index in [1.165, 1.54) is 6.07 Å². The molecular formula is C30H34ClFN4O5. The smallest absolute Gasteiger partial charge is 0.306 e. The largest absolute Gasteiger partial charge is 0.481 e. The molecular weight excluding hydrogens is 551 g/mol. The average Bonchev–Trinajstić information content (AvgIpc) is 3.50. The van der Waals surface area contributed by atoms with Gasteiger partial charge in [-0.15, -0.1) is 0 Å². The number of carboxylic acid groups (broad SMARTS) is 1. The Morgan fingerprint density at radius 1 is 1.17 bits per heavy atom. The molecule has 2 aliphatic rings. The highest BCUT2D eigenvalue weighted by Crippen LogP contribution is 2.31. The first-order chi connectivity index (χ1) is 19.6. The maximum Gasteiger partial charge on any atom is 0.306 e. The van der Waals surface area contributed by atoms with E-state index in [9.17, 15) is 19.5 Å². The van der Waals surface area contributed by atoms with Crippen molar-refractivity contribution in [1.29, 1.82) is 0 Å². The van der Waals surface area contributed by atoms with Gasteiger partial charge in [-0.25, -0.2) is 4.39 Å². The van der Waals surface area contributed by atoms with E-state index < -0.39 is 17.7 Å². The van der Waals surface area contributed by atoms with Crippen molar-refractivity contribution in [3.8, 4) is 0 Å². The summed E-state index contributed by atoms with van der Waals surface area (Å²) in [7, 11) is 1.74. The first-order valence-corrected chi connectivity index (χ1v) is 14.3. The van der Waals surface area contributed by atoms with Crippen molar-refractivity contribution in [1.82, 2.24) is 14.7 Å². The summed E-state index contributed by atoms with van der Waals surface area (Å²) in [6.07, 6.45) is 3.18. The number of carbonyl (C=O) groups excluding carboxylic acids is 2. The van der Waals surface area contributed by atoms with Crippen LogP contribution < -0.4 is 5.32 Å². The molecule has 3 aromatic rings. The van der Waals surface area contributed by atoms with E-state index in [2.05, 4.69) is 17.3 Å². The zero-order valence-electron chi connectivity index (χ0n) is 23.1. The van der Waals surface area contributed by atoms with Crippen LogP contribution in [0.4, 0.5) is 10.1 Å². The SMILES string of the molecule is C[C@H]1C[C@@H](COC2CCC(C(=O)O)CC2)N(C(=O)Cc2cc(Cl)c(NC(=O)c3nn(C)c4ccccc34)cc2F)C1. The number of rotatable bonds is 8. The van der Waals surface area contributed by atoms with Gasteiger partial charge in [0.1, 0.15) is 5.82 Å². The number of carbonyl (C=O) groups is 3. The molecule has 2 atom stereocenters. The minimum atomic E-state index is -0.755. The predicted molar refractivity (Wildman–Crippen MR) is 152 cm³/mol. The minimum absolute atomic E-state index is 0.0125. The van der Waals surface area contributed by atoms with Gasteiger partial charge in [0.15, 0.2) is 5.69 Å². The number of carboxylic acids is 1. The van der Waals surface area contributed by atoms with E-state index in [0.29, 0.717) is 44.2 Å². The zero-order valence-corrected chi connectivity index (χ0v) is 23.9. The summed E-state index contributed by atoms with van der Waals surface area (Å²) in [6.45, 7) is 2.99. The summed E-state index contributed by atoms with van der Waals surface area (Å²) >= 11 is 6.43. The van der Waals surface area contributed by atoms with Crippen molar-refractivity contribution in [2.75, 3.05) is 18.5 Å². The fourth-order valence-electron chi connectivity index (χ4n) is 5.98. The third kappa shape index (κ3) is 6.38. The molecule has 9 nitrogen and oxygen atoms in total. The van der Waals surface area contributed by atoms with Crippen LogP contribution in [0.3, 0.4) is 0 Å². The number of aryl methyl sites for hydroxylation is 1. The van der Waals surface area contributed by atoms with Crippen LogP contribution in [0.5, 0.6) is 0 Å². The number of aliphatic carboxylic acids is 1.